The van der Waals surface area contributed by atoms with Crippen LogP contribution in [0, 0.1) is 0 Å². The topological polar surface area (TPSA) is 98.8 Å². The number of likely N-dealkylation sites (tertiary alicyclic amines) is 1. The van der Waals surface area contributed by atoms with Gasteiger partial charge < -0.3 is 15.2 Å². The van der Waals surface area contributed by atoms with Crippen molar-refractivity contribution in [2.75, 3.05) is 31.5 Å². The molecule has 8 heteroatoms. The first-order chi connectivity index (χ1) is 15.2. The van der Waals surface area contributed by atoms with Gasteiger partial charge in [0, 0.05) is 25.7 Å². The zero-order valence-corrected chi connectivity index (χ0v) is 17.3. The third kappa shape index (κ3) is 3.98. The maximum atomic E-state index is 12.4. The molecule has 2 aromatic carbocycles. The molecule has 0 aliphatic carbocycles. The van der Waals surface area contributed by atoms with Gasteiger partial charge in [0.2, 0.25) is 5.95 Å². The number of para-hydroxylation sites is 3. The highest BCUT2D eigenvalue weighted by Crippen LogP contribution is 2.24. The smallest absolute Gasteiger partial charge is 0.326 e. The molecular weight excluding hydrogens is 392 g/mol. The molecule has 3 N–H and O–H groups in total. The number of H-pyrrole nitrogens is 2. The lowest BCUT2D eigenvalue weighted by molar-refractivity contribution is 0.186. The number of aromatic nitrogens is 4. The van der Waals surface area contributed by atoms with Crippen LogP contribution >= 0.6 is 0 Å². The highest BCUT2D eigenvalue weighted by molar-refractivity contribution is 5.78. The van der Waals surface area contributed by atoms with Crippen LogP contribution in [0.4, 0.5) is 5.95 Å². The number of aromatic amines is 2. The molecule has 0 unspecified atom stereocenters. The van der Waals surface area contributed by atoms with Gasteiger partial charge in [-0.1, -0.05) is 24.3 Å². The Kier molecular flexibility index (Phi) is 5.30. The molecule has 1 aliphatic rings. The molecule has 160 valence electrons. The number of anilines is 1. The number of hydrogen-bond acceptors (Lipinski definition) is 5. The quantitative estimate of drug-likeness (QED) is 0.418. The van der Waals surface area contributed by atoms with Gasteiger partial charge >= 0.3 is 5.69 Å². The Labute approximate surface area is 178 Å². The van der Waals surface area contributed by atoms with Crippen LogP contribution in [-0.4, -0.2) is 50.6 Å². The van der Waals surface area contributed by atoms with Gasteiger partial charge in [0.25, 0.3) is 5.56 Å². The molecule has 0 bridgehead atoms. The minimum Gasteiger partial charge on any atom is -0.356 e. The van der Waals surface area contributed by atoms with Gasteiger partial charge in [-0.3, -0.25) is 14.3 Å². The second kappa shape index (κ2) is 8.39. The second-order valence-electron chi connectivity index (χ2n) is 8.10. The summed E-state index contributed by atoms with van der Waals surface area (Å²) < 4.78 is 1.93. The van der Waals surface area contributed by atoms with Crippen LogP contribution in [0.15, 0.2) is 58.1 Å². The van der Waals surface area contributed by atoms with Crippen LogP contribution in [0.1, 0.15) is 25.3 Å². The van der Waals surface area contributed by atoms with Gasteiger partial charge in [-0.05, 0) is 50.1 Å². The predicted octanol–water partition coefficient (Wildman–Crippen LogP) is 2.71. The van der Waals surface area contributed by atoms with E-state index in [9.17, 15) is 9.59 Å². The van der Waals surface area contributed by atoms with Gasteiger partial charge in [-0.25, -0.2) is 9.78 Å². The largest absolute Gasteiger partial charge is 0.356 e. The lowest BCUT2D eigenvalue weighted by Crippen LogP contribution is -2.37. The molecule has 31 heavy (non-hydrogen) atoms. The standard InChI is InChI=1S/C23H26N6O2/c30-21-17-6-1-2-7-18(17)25-22(27-21)24-12-5-13-28-14-10-16(11-15-28)29-20-9-4-3-8-19(20)26-23(29)31/h1-4,6-9,16H,5,10-15H2,(H,26,31)(H2,24,25,27,30). The average Bonchev–Trinajstić information content (AvgIpc) is 3.13. The number of imidazole rings is 1. The van der Waals surface area contributed by atoms with Crippen LogP contribution in [-0.2, 0) is 0 Å². The van der Waals surface area contributed by atoms with Crippen LogP contribution < -0.4 is 16.6 Å². The fraction of sp³-hybridized carbons (Fsp3) is 0.348. The Morgan fingerprint density at radius 3 is 2.65 bits per heavy atom. The summed E-state index contributed by atoms with van der Waals surface area (Å²) in [5.74, 6) is 0.515. The molecule has 2 aromatic heterocycles. The number of nitrogens with one attached hydrogen (secondary N) is 3. The third-order valence-corrected chi connectivity index (χ3v) is 6.10. The number of rotatable bonds is 6. The zero-order valence-electron chi connectivity index (χ0n) is 17.3. The summed E-state index contributed by atoms with van der Waals surface area (Å²) >= 11 is 0. The molecule has 4 aromatic rings. The lowest BCUT2D eigenvalue weighted by atomic mass is 10.0. The van der Waals surface area contributed by atoms with Gasteiger partial charge in [-0.2, -0.15) is 0 Å². The first-order valence-electron chi connectivity index (χ1n) is 10.8. The zero-order chi connectivity index (χ0) is 21.2. The number of fused-ring (bicyclic) bond motifs is 2. The maximum Gasteiger partial charge on any atom is 0.326 e. The summed E-state index contributed by atoms with van der Waals surface area (Å²) in [6, 6.07) is 15.5. The molecule has 0 radical (unpaired) electrons. The van der Waals surface area contributed by atoms with Crippen molar-refractivity contribution in [3.8, 4) is 0 Å². The van der Waals surface area contributed by atoms with Crippen molar-refractivity contribution in [1.82, 2.24) is 24.4 Å². The van der Waals surface area contributed by atoms with E-state index < -0.39 is 0 Å². The Hall–Kier alpha value is -3.39. The summed E-state index contributed by atoms with van der Waals surface area (Å²) in [5, 5.41) is 3.84. The van der Waals surface area contributed by atoms with E-state index in [1.807, 2.05) is 47.0 Å². The van der Waals surface area contributed by atoms with Crippen LogP contribution in [0.3, 0.4) is 0 Å². The molecule has 8 nitrogen and oxygen atoms in total. The van der Waals surface area contributed by atoms with Gasteiger partial charge in [0.05, 0.1) is 21.9 Å². The number of piperidine rings is 1. The summed E-state index contributed by atoms with van der Waals surface area (Å²) in [7, 11) is 0. The monoisotopic (exact) mass is 418 g/mol. The van der Waals surface area contributed by atoms with Crippen molar-refractivity contribution < 1.29 is 0 Å². The second-order valence-corrected chi connectivity index (χ2v) is 8.10. The Balaban J connectivity index is 1.13. The third-order valence-electron chi connectivity index (χ3n) is 6.10. The molecule has 1 saturated heterocycles. The predicted molar refractivity (Wildman–Crippen MR) is 123 cm³/mol. The molecule has 5 rings (SSSR count). The highest BCUT2D eigenvalue weighted by Gasteiger charge is 2.23. The maximum absolute atomic E-state index is 12.4. The van der Waals surface area contributed by atoms with E-state index in [1.54, 1.807) is 6.07 Å². The fourth-order valence-electron chi connectivity index (χ4n) is 4.52. The average molecular weight is 419 g/mol. The molecule has 1 aliphatic heterocycles. The van der Waals surface area contributed by atoms with Crippen molar-refractivity contribution in [3.05, 3.63) is 69.4 Å². The first-order valence-corrected chi connectivity index (χ1v) is 10.8. The minimum absolute atomic E-state index is 0.0132. The summed E-state index contributed by atoms with van der Waals surface area (Å²) in [6.45, 7) is 3.66. The van der Waals surface area contributed by atoms with E-state index in [1.165, 1.54) is 0 Å². The van der Waals surface area contributed by atoms with E-state index in [-0.39, 0.29) is 17.3 Å². The molecule has 0 atom stereocenters. The van der Waals surface area contributed by atoms with Crippen molar-refractivity contribution in [2.24, 2.45) is 0 Å². The van der Waals surface area contributed by atoms with Crippen molar-refractivity contribution in [3.63, 3.8) is 0 Å². The van der Waals surface area contributed by atoms with Crippen LogP contribution in [0.2, 0.25) is 0 Å². The molecule has 0 saturated carbocycles. The Bertz CT molecular complexity index is 1310. The normalized spacial score (nSPS) is 15.6. The summed E-state index contributed by atoms with van der Waals surface area (Å²) in [6.07, 6.45) is 2.89. The van der Waals surface area contributed by atoms with E-state index >= 15 is 0 Å². The molecule has 1 fully saturated rings. The summed E-state index contributed by atoms with van der Waals surface area (Å²) in [4.78, 5) is 37.2. The van der Waals surface area contributed by atoms with Gasteiger partial charge in [-0.15, -0.1) is 0 Å². The van der Waals surface area contributed by atoms with Crippen molar-refractivity contribution >= 4 is 27.9 Å². The van der Waals surface area contributed by atoms with E-state index in [0.29, 0.717) is 16.9 Å². The first kappa shape index (κ1) is 19.6. The minimum atomic E-state index is -0.123. The van der Waals surface area contributed by atoms with Crippen molar-refractivity contribution in [1.29, 1.82) is 0 Å². The molecular formula is C23H26N6O2. The lowest BCUT2D eigenvalue weighted by Gasteiger charge is -2.32. The van der Waals surface area contributed by atoms with Crippen molar-refractivity contribution in [2.45, 2.75) is 25.3 Å². The number of nitrogens with zero attached hydrogens (tertiary/aromatic N) is 3. The van der Waals surface area contributed by atoms with E-state index in [0.717, 1.165) is 56.5 Å². The van der Waals surface area contributed by atoms with Crippen LogP contribution in [0.5, 0.6) is 0 Å². The van der Waals surface area contributed by atoms with Gasteiger partial charge in [0.1, 0.15) is 0 Å². The Morgan fingerprint density at radius 2 is 1.77 bits per heavy atom. The number of benzene rings is 2. The van der Waals surface area contributed by atoms with E-state index in [4.69, 9.17) is 0 Å². The fourth-order valence-corrected chi connectivity index (χ4v) is 4.52. The summed E-state index contributed by atoms with van der Waals surface area (Å²) in [5.41, 5.74) is 2.46. The molecule has 0 amide bonds. The number of hydrogen-bond donors (Lipinski definition) is 3. The van der Waals surface area contributed by atoms with Gasteiger partial charge in [0.15, 0.2) is 0 Å². The van der Waals surface area contributed by atoms with E-state index in [2.05, 4.69) is 25.2 Å². The molecule has 0 spiro atoms. The van der Waals surface area contributed by atoms with Crippen LogP contribution in [0.25, 0.3) is 21.9 Å². The highest BCUT2D eigenvalue weighted by atomic mass is 16.1. The Morgan fingerprint density at radius 1 is 1.00 bits per heavy atom. The molecule has 3 heterocycles. The SMILES string of the molecule is O=c1[nH]c(NCCCN2CCC(n3c(=O)[nH]c4ccccc43)CC2)nc2ccccc12.